The maximum absolute atomic E-state index is 10.1. The SMILES string of the molecule is O=[N+]([O-])c1c[nH]c(CCO)c1. The molecule has 5 heteroatoms. The Morgan fingerprint density at radius 3 is 2.91 bits per heavy atom. The van der Waals surface area contributed by atoms with Crippen molar-refractivity contribution in [1.82, 2.24) is 4.98 Å². The molecule has 0 aliphatic rings. The third-order valence-corrected chi connectivity index (χ3v) is 1.32. The van der Waals surface area contributed by atoms with E-state index in [9.17, 15) is 10.1 Å². The Kier molecular flexibility index (Phi) is 2.22. The molecule has 1 aromatic heterocycles. The molecule has 0 radical (unpaired) electrons. The van der Waals surface area contributed by atoms with Gasteiger partial charge in [-0.25, -0.2) is 0 Å². The molecular weight excluding hydrogens is 148 g/mol. The minimum Gasteiger partial charge on any atom is -0.396 e. The molecule has 0 fully saturated rings. The minimum absolute atomic E-state index is 0.00231. The van der Waals surface area contributed by atoms with Gasteiger partial charge in [0.2, 0.25) is 0 Å². The predicted octanol–water partition coefficient (Wildman–Crippen LogP) is 0.458. The summed E-state index contributed by atoms with van der Waals surface area (Å²) in [6.45, 7) is -0.00231. The lowest BCUT2D eigenvalue weighted by atomic mass is 10.3. The van der Waals surface area contributed by atoms with E-state index in [0.29, 0.717) is 12.1 Å². The predicted molar refractivity (Wildman–Crippen MR) is 38.2 cm³/mol. The maximum Gasteiger partial charge on any atom is 0.286 e. The summed E-state index contributed by atoms with van der Waals surface area (Å²) < 4.78 is 0. The van der Waals surface area contributed by atoms with Gasteiger partial charge in [-0.1, -0.05) is 0 Å². The van der Waals surface area contributed by atoms with E-state index in [1.165, 1.54) is 12.3 Å². The first-order chi connectivity index (χ1) is 5.24. The average molecular weight is 156 g/mol. The van der Waals surface area contributed by atoms with Crippen molar-refractivity contribution in [1.29, 1.82) is 0 Å². The van der Waals surface area contributed by atoms with Gasteiger partial charge in [-0.2, -0.15) is 0 Å². The lowest BCUT2D eigenvalue weighted by Gasteiger charge is -1.87. The van der Waals surface area contributed by atoms with Gasteiger partial charge in [0.15, 0.2) is 0 Å². The second-order valence-electron chi connectivity index (χ2n) is 2.11. The molecule has 0 aliphatic carbocycles. The third kappa shape index (κ3) is 1.78. The maximum atomic E-state index is 10.1. The fraction of sp³-hybridized carbons (Fsp3) is 0.333. The van der Waals surface area contributed by atoms with Crippen molar-refractivity contribution >= 4 is 5.69 Å². The summed E-state index contributed by atoms with van der Waals surface area (Å²) in [5.74, 6) is 0. The van der Waals surface area contributed by atoms with Crippen molar-refractivity contribution in [3.8, 4) is 0 Å². The summed E-state index contributed by atoms with van der Waals surface area (Å²) in [4.78, 5) is 12.4. The number of nitro groups is 1. The molecule has 1 aromatic rings. The molecule has 0 saturated heterocycles. The molecule has 2 N–H and O–H groups in total. The Hall–Kier alpha value is -1.36. The first kappa shape index (κ1) is 7.74. The fourth-order valence-electron chi connectivity index (χ4n) is 0.799. The molecule has 5 nitrogen and oxygen atoms in total. The number of aliphatic hydroxyl groups is 1. The zero-order chi connectivity index (χ0) is 8.27. The molecule has 60 valence electrons. The topological polar surface area (TPSA) is 79.2 Å². The highest BCUT2D eigenvalue weighted by atomic mass is 16.6. The molecular formula is C6H8N2O3. The monoisotopic (exact) mass is 156 g/mol. The number of nitrogens with one attached hydrogen (secondary N) is 1. The van der Waals surface area contributed by atoms with Crippen LogP contribution in [0.15, 0.2) is 12.3 Å². The summed E-state index contributed by atoms with van der Waals surface area (Å²) in [6, 6.07) is 1.41. The highest BCUT2D eigenvalue weighted by Gasteiger charge is 2.07. The van der Waals surface area contributed by atoms with Gasteiger partial charge < -0.3 is 10.1 Å². The first-order valence-electron chi connectivity index (χ1n) is 3.16. The minimum atomic E-state index is -0.475. The van der Waals surface area contributed by atoms with E-state index < -0.39 is 4.92 Å². The number of hydrogen-bond donors (Lipinski definition) is 2. The van der Waals surface area contributed by atoms with Crippen LogP contribution in [-0.4, -0.2) is 21.6 Å². The second-order valence-corrected chi connectivity index (χ2v) is 2.11. The van der Waals surface area contributed by atoms with Crippen molar-refractivity contribution in [2.45, 2.75) is 6.42 Å². The Balaban J connectivity index is 2.73. The summed E-state index contributed by atoms with van der Waals surface area (Å²) in [5, 5.41) is 18.6. The third-order valence-electron chi connectivity index (χ3n) is 1.32. The van der Waals surface area contributed by atoms with Gasteiger partial charge in [0.25, 0.3) is 5.69 Å². The molecule has 11 heavy (non-hydrogen) atoms. The highest BCUT2D eigenvalue weighted by Crippen LogP contribution is 2.11. The lowest BCUT2D eigenvalue weighted by molar-refractivity contribution is -0.384. The molecule has 0 spiro atoms. The van der Waals surface area contributed by atoms with Crippen LogP contribution >= 0.6 is 0 Å². The molecule has 0 bridgehead atoms. The van der Waals surface area contributed by atoms with Crippen molar-refractivity contribution in [2.75, 3.05) is 6.61 Å². The average Bonchev–Trinajstić information content (AvgIpc) is 2.37. The van der Waals surface area contributed by atoms with Gasteiger partial charge >= 0.3 is 0 Å². The van der Waals surface area contributed by atoms with E-state index >= 15 is 0 Å². The summed E-state index contributed by atoms with van der Waals surface area (Å²) in [5.41, 5.74) is 0.715. The van der Waals surface area contributed by atoms with Crippen molar-refractivity contribution in [2.24, 2.45) is 0 Å². The van der Waals surface area contributed by atoms with Crippen LogP contribution in [0.1, 0.15) is 5.69 Å². The van der Waals surface area contributed by atoms with Crippen LogP contribution in [0.25, 0.3) is 0 Å². The van der Waals surface area contributed by atoms with E-state index in [-0.39, 0.29) is 12.3 Å². The van der Waals surface area contributed by atoms with E-state index in [1.807, 2.05) is 0 Å². The van der Waals surface area contributed by atoms with E-state index in [2.05, 4.69) is 4.98 Å². The molecule has 0 saturated carbocycles. The zero-order valence-corrected chi connectivity index (χ0v) is 5.78. The van der Waals surface area contributed by atoms with E-state index in [1.54, 1.807) is 0 Å². The van der Waals surface area contributed by atoms with Crippen LogP contribution in [0.5, 0.6) is 0 Å². The van der Waals surface area contributed by atoms with Crippen LogP contribution in [0.4, 0.5) is 5.69 Å². The Bertz CT molecular complexity index is 256. The van der Waals surface area contributed by atoms with Crippen LogP contribution < -0.4 is 0 Å². The zero-order valence-electron chi connectivity index (χ0n) is 5.78. The standard InChI is InChI=1S/C6H8N2O3/c9-2-1-5-3-6(4-7-5)8(10)11/h3-4,7,9H,1-2H2. The highest BCUT2D eigenvalue weighted by molar-refractivity contribution is 5.29. The van der Waals surface area contributed by atoms with Crippen molar-refractivity contribution < 1.29 is 10.0 Å². The van der Waals surface area contributed by atoms with Crippen LogP contribution in [0.3, 0.4) is 0 Å². The van der Waals surface area contributed by atoms with E-state index in [0.717, 1.165) is 0 Å². The number of H-pyrrole nitrogens is 1. The molecule has 0 atom stereocenters. The Labute approximate surface area is 62.8 Å². The lowest BCUT2D eigenvalue weighted by Crippen LogP contribution is -1.89. The van der Waals surface area contributed by atoms with Crippen LogP contribution in [0, 0.1) is 10.1 Å². The second kappa shape index (κ2) is 3.16. The largest absolute Gasteiger partial charge is 0.396 e. The summed E-state index contributed by atoms with van der Waals surface area (Å²) in [7, 11) is 0. The number of aliphatic hydroxyl groups excluding tert-OH is 1. The first-order valence-corrected chi connectivity index (χ1v) is 3.16. The Morgan fingerprint density at radius 2 is 2.45 bits per heavy atom. The van der Waals surface area contributed by atoms with Gasteiger partial charge in [-0.05, 0) is 0 Å². The molecule has 1 rings (SSSR count). The molecule has 1 heterocycles. The molecule has 0 aromatic carbocycles. The molecule has 0 amide bonds. The van der Waals surface area contributed by atoms with Crippen LogP contribution in [0.2, 0.25) is 0 Å². The molecule has 0 aliphatic heterocycles. The van der Waals surface area contributed by atoms with E-state index in [4.69, 9.17) is 5.11 Å². The number of aromatic amines is 1. The normalized spacial score (nSPS) is 9.91. The summed E-state index contributed by atoms with van der Waals surface area (Å²) in [6.07, 6.45) is 1.73. The molecule has 0 unspecified atom stereocenters. The Morgan fingerprint density at radius 1 is 1.73 bits per heavy atom. The fourth-order valence-corrected chi connectivity index (χ4v) is 0.799. The van der Waals surface area contributed by atoms with Gasteiger partial charge in [0.05, 0.1) is 11.1 Å². The van der Waals surface area contributed by atoms with Crippen LogP contribution in [-0.2, 0) is 6.42 Å². The summed E-state index contributed by atoms with van der Waals surface area (Å²) >= 11 is 0. The van der Waals surface area contributed by atoms with Gasteiger partial charge in [0, 0.05) is 24.8 Å². The van der Waals surface area contributed by atoms with Gasteiger partial charge in [-0.15, -0.1) is 0 Å². The number of aromatic nitrogens is 1. The smallest absolute Gasteiger partial charge is 0.286 e. The number of rotatable bonds is 3. The van der Waals surface area contributed by atoms with Gasteiger partial charge in [-0.3, -0.25) is 10.1 Å². The van der Waals surface area contributed by atoms with Crippen molar-refractivity contribution in [3.05, 3.63) is 28.1 Å². The van der Waals surface area contributed by atoms with Crippen molar-refractivity contribution in [3.63, 3.8) is 0 Å². The number of hydrogen-bond acceptors (Lipinski definition) is 3. The quantitative estimate of drug-likeness (QED) is 0.492. The number of nitrogens with zero attached hydrogens (tertiary/aromatic N) is 1. The van der Waals surface area contributed by atoms with Gasteiger partial charge in [0.1, 0.15) is 0 Å².